The van der Waals surface area contributed by atoms with E-state index in [1.165, 1.54) is 24.0 Å². The number of carbonyl (C=O) groups is 1. The molecule has 0 radical (unpaired) electrons. The zero-order chi connectivity index (χ0) is 24.3. The summed E-state index contributed by atoms with van der Waals surface area (Å²) >= 11 is 0. The molecule has 0 spiro atoms. The van der Waals surface area contributed by atoms with Crippen LogP contribution < -0.4 is 0 Å². The Morgan fingerprint density at radius 1 is 0.912 bits per heavy atom. The molecule has 2 fully saturated rings. The molecule has 0 N–H and O–H groups in total. The lowest BCUT2D eigenvalue weighted by atomic mass is 9.76. The van der Waals surface area contributed by atoms with Crippen molar-refractivity contribution >= 4 is 14.2 Å². The maximum atomic E-state index is 14.2. The summed E-state index contributed by atoms with van der Waals surface area (Å²) in [6, 6.07) is 21.3. The zero-order valence-corrected chi connectivity index (χ0v) is 22.8. The molecule has 0 aromatic heterocycles. The number of nitrogens with zero attached hydrogens (tertiary/aromatic N) is 1. The van der Waals surface area contributed by atoms with Gasteiger partial charge in [-0.15, -0.1) is 0 Å². The molecule has 0 unspecified atom stereocenters. The van der Waals surface area contributed by atoms with E-state index in [4.69, 9.17) is 4.43 Å². The van der Waals surface area contributed by atoms with Crippen LogP contribution in [0.2, 0.25) is 18.1 Å². The van der Waals surface area contributed by atoms with E-state index in [1.807, 2.05) is 0 Å². The minimum absolute atomic E-state index is 0.0508. The summed E-state index contributed by atoms with van der Waals surface area (Å²) in [5, 5.41) is 0.136. The summed E-state index contributed by atoms with van der Waals surface area (Å²) in [6.45, 7) is 12.3. The molecular weight excluding hydrogens is 434 g/mol. The number of carbonyl (C=O) groups excluding carboxylic acids is 1. The molecule has 2 aliphatic rings. The molecule has 1 saturated carbocycles. The quantitative estimate of drug-likeness (QED) is 0.411. The van der Waals surface area contributed by atoms with Crippen molar-refractivity contribution in [3.05, 3.63) is 71.8 Å². The predicted molar refractivity (Wildman–Crippen MR) is 143 cm³/mol. The molecule has 1 aliphatic carbocycles. The maximum Gasteiger partial charge on any atom is 0.226 e. The average molecular weight is 478 g/mol. The summed E-state index contributed by atoms with van der Waals surface area (Å²) < 4.78 is 7.22. The van der Waals surface area contributed by atoms with Crippen LogP contribution in [-0.2, 0) is 22.2 Å². The van der Waals surface area contributed by atoms with Crippen LogP contribution >= 0.6 is 0 Å². The SMILES string of the molecule is CC(C)(C)[Si](C)(C)O[C@@H]1C[C@H]2CCCC[C@@H]2C(=O)N(Cc2ccccc2)[C@@H]1Cc1ccccc1. The minimum atomic E-state index is -2.01. The van der Waals surface area contributed by atoms with Gasteiger partial charge in [0.25, 0.3) is 0 Å². The summed E-state index contributed by atoms with van der Waals surface area (Å²) in [4.78, 5) is 16.4. The van der Waals surface area contributed by atoms with E-state index in [2.05, 4.69) is 99.4 Å². The van der Waals surface area contributed by atoms with Gasteiger partial charge < -0.3 is 9.33 Å². The van der Waals surface area contributed by atoms with Crippen LogP contribution in [0.25, 0.3) is 0 Å². The van der Waals surface area contributed by atoms with Crippen molar-refractivity contribution in [2.75, 3.05) is 0 Å². The monoisotopic (exact) mass is 477 g/mol. The molecule has 1 aliphatic heterocycles. The lowest BCUT2D eigenvalue weighted by Crippen LogP contribution is -2.53. The van der Waals surface area contributed by atoms with E-state index < -0.39 is 8.32 Å². The Bertz CT molecular complexity index is 937. The van der Waals surface area contributed by atoms with Gasteiger partial charge in [0.05, 0.1) is 12.1 Å². The van der Waals surface area contributed by atoms with Crippen LogP contribution in [0.3, 0.4) is 0 Å². The topological polar surface area (TPSA) is 29.5 Å². The highest BCUT2D eigenvalue weighted by Gasteiger charge is 2.48. The van der Waals surface area contributed by atoms with E-state index >= 15 is 0 Å². The van der Waals surface area contributed by atoms with Crippen LogP contribution in [-0.4, -0.2) is 31.3 Å². The van der Waals surface area contributed by atoms with Gasteiger partial charge in [-0.1, -0.05) is 94.3 Å². The number of hydrogen-bond acceptors (Lipinski definition) is 2. The first-order valence-electron chi connectivity index (χ1n) is 13.2. The Kier molecular flexibility index (Phi) is 7.68. The molecule has 3 nitrogen and oxygen atoms in total. The van der Waals surface area contributed by atoms with Gasteiger partial charge in [0.2, 0.25) is 5.91 Å². The van der Waals surface area contributed by atoms with Gasteiger partial charge >= 0.3 is 0 Å². The van der Waals surface area contributed by atoms with Crippen molar-refractivity contribution in [3.8, 4) is 0 Å². The minimum Gasteiger partial charge on any atom is -0.412 e. The Morgan fingerprint density at radius 3 is 2.12 bits per heavy atom. The van der Waals surface area contributed by atoms with Gasteiger partial charge in [0, 0.05) is 12.5 Å². The number of likely N-dealkylation sites (tertiary alicyclic amines) is 1. The van der Waals surface area contributed by atoms with Crippen LogP contribution in [0.5, 0.6) is 0 Å². The number of hydrogen-bond donors (Lipinski definition) is 0. The zero-order valence-electron chi connectivity index (χ0n) is 21.8. The van der Waals surface area contributed by atoms with Crippen molar-refractivity contribution in [1.29, 1.82) is 0 Å². The van der Waals surface area contributed by atoms with E-state index in [0.29, 0.717) is 18.4 Å². The fourth-order valence-corrected chi connectivity index (χ4v) is 6.97. The summed E-state index contributed by atoms with van der Waals surface area (Å²) in [7, 11) is -2.01. The molecule has 4 rings (SSSR count). The van der Waals surface area contributed by atoms with E-state index in [9.17, 15) is 4.79 Å². The second-order valence-electron chi connectivity index (χ2n) is 12.0. The maximum absolute atomic E-state index is 14.2. The number of fused-ring (bicyclic) bond motifs is 1. The van der Waals surface area contributed by atoms with Crippen molar-refractivity contribution in [2.45, 2.75) is 96.1 Å². The molecule has 2 aromatic rings. The molecule has 0 bridgehead atoms. The predicted octanol–water partition coefficient (Wildman–Crippen LogP) is 7.23. The molecule has 2 aromatic carbocycles. The van der Waals surface area contributed by atoms with Crippen molar-refractivity contribution in [3.63, 3.8) is 0 Å². The van der Waals surface area contributed by atoms with Crippen LogP contribution in [0.15, 0.2) is 60.7 Å². The Hall–Kier alpha value is -1.91. The lowest BCUT2D eigenvalue weighted by molar-refractivity contribution is -0.140. The highest BCUT2D eigenvalue weighted by atomic mass is 28.4. The fourth-order valence-electron chi connectivity index (χ4n) is 5.60. The van der Waals surface area contributed by atoms with E-state index in [-0.39, 0.29) is 23.1 Å². The number of rotatable bonds is 6. The summed E-state index contributed by atoms with van der Waals surface area (Å²) in [5.74, 6) is 0.939. The smallest absolute Gasteiger partial charge is 0.226 e. The second kappa shape index (κ2) is 10.4. The third-order valence-corrected chi connectivity index (χ3v) is 13.1. The standard InChI is InChI=1S/C30H43NO2Si/c1-30(2,3)34(4,5)33-28-21-25-18-12-13-19-26(25)29(32)31(22-24-16-10-7-11-17-24)27(28)20-23-14-8-6-9-15-23/h6-11,14-17,25-28H,12-13,18-22H2,1-5H3/t25-,26+,27-,28-/m1/s1. The highest BCUT2D eigenvalue weighted by Crippen LogP contribution is 2.44. The van der Waals surface area contributed by atoms with Gasteiger partial charge in [-0.3, -0.25) is 4.79 Å². The fraction of sp³-hybridized carbons (Fsp3) is 0.567. The first kappa shape index (κ1) is 25.2. The normalized spacial score (nSPS) is 26.1. The van der Waals surface area contributed by atoms with Crippen LogP contribution in [0.4, 0.5) is 0 Å². The Balaban J connectivity index is 1.76. The average Bonchev–Trinajstić information content (AvgIpc) is 2.90. The summed E-state index contributed by atoms with van der Waals surface area (Å²) in [6.07, 6.45) is 6.52. The Morgan fingerprint density at radius 2 is 1.50 bits per heavy atom. The van der Waals surface area contributed by atoms with Gasteiger partial charge in [0.1, 0.15) is 0 Å². The van der Waals surface area contributed by atoms with Gasteiger partial charge in [-0.25, -0.2) is 0 Å². The third-order valence-electron chi connectivity index (χ3n) is 8.61. The molecule has 1 amide bonds. The summed E-state index contributed by atoms with van der Waals surface area (Å²) in [5.41, 5.74) is 2.49. The molecular formula is C30H43NO2Si. The molecule has 1 heterocycles. The lowest BCUT2D eigenvalue weighted by Gasteiger charge is -2.43. The van der Waals surface area contributed by atoms with Gasteiger partial charge in [0.15, 0.2) is 8.32 Å². The number of benzene rings is 2. The number of amides is 1. The molecule has 34 heavy (non-hydrogen) atoms. The molecule has 184 valence electrons. The second-order valence-corrected chi connectivity index (χ2v) is 16.8. The van der Waals surface area contributed by atoms with Crippen LogP contribution in [0, 0.1) is 11.8 Å². The third kappa shape index (κ3) is 5.66. The van der Waals surface area contributed by atoms with Crippen molar-refractivity contribution < 1.29 is 9.22 Å². The van der Waals surface area contributed by atoms with Crippen LogP contribution in [0.1, 0.15) is 64.0 Å². The van der Waals surface area contributed by atoms with Crippen molar-refractivity contribution in [1.82, 2.24) is 4.90 Å². The highest BCUT2D eigenvalue weighted by molar-refractivity contribution is 6.74. The largest absolute Gasteiger partial charge is 0.412 e. The molecule has 4 heteroatoms. The van der Waals surface area contributed by atoms with Gasteiger partial charge in [-0.2, -0.15) is 0 Å². The van der Waals surface area contributed by atoms with Crippen molar-refractivity contribution in [2.24, 2.45) is 11.8 Å². The van der Waals surface area contributed by atoms with E-state index in [1.54, 1.807) is 0 Å². The first-order valence-corrected chi connectivity index (χ1v) is 16.1. The molecule has 1 saturated heterocycles. The first-order chi connectivity index (χ1) is 16.2. The molecule has 4 atom stereocenters. The Labute approximate surface area is 208 Å². The van der Waals surface area contributed by atoms with Gasteiger partial charge in [-0.05, 0) is 60.9 Å². The van der Waals surface area contributed by atoms with E-state index in [0.717, 1.165) is 25.7 Å².